The number of hydrogen-bond donors (Lipinski definition) is 1. The quantitative estimate of drug-likeness (QED) is 0.244. The van der Waals surface area contributed by atoms with E-state index in [1.807, 2.05) is 60.7 Å². The van der Waals surface area contributed by atoms with Crippen LogP contribution in [-0.2, 0) is 11.4 Å². The fraction of sp³-hybridized carbons (Fsp3) is 0.0870. The number of aryl methyl sites for hydroxylation is 1. The summed E-state index contributed by atoms with van der Waals surface area (Å²) >= 11 is 4.33. The number of carboxylic acid groups (broad SMARTS) is 1. The highest BCUT2D eigenvalue weighted by Gasteiger charge is 2.17. The van der Waals surface area contributed by atoms with E-state index in [9.17, 15) is 9.90 Å². The van der Waals surface area contributed by atoms with Gasteiger partial charge in [-0.25, -0.2) is 4.79 Å². The molecule has 0 atom stereocenters. The van der Waals surface area contributed by atoms with Crippen molar-refractivity contribution in [3.05, 3.63) is 87.1 Å². The summed E-state index contributed by atoms with van der Waals surface area (Å²) < 4.78 is 12.4. The molecule has 4 rings (SSSR count). The molecule has 3 aromatic carbocycles. The van der Waals surface area contributed by atoms with Gasteiger partial charge >= 0.3 is 5.97 Å². The molecule has 0 saturated carbocycles. The summed E-state index contributed by atoms with van der Waals surface area (Å²) in [5, 5.41) is 19.5. The fourth-order valence-corrected chi connectivity index (χ4v) is 3.93. The first-order chi connectivity index (χ1) is 15.0. The molecule has 6 nitrogen and oxygen atoms in total. The largest absolute Gasteiger partial charge is 0.488 e. The molecule has 0 bridgehead atoms. The first kappa shape index (κ1) is 21.1. The smallest absolute Gasteiger partial charge is 0.342 e. The van der Waals surface area contributed by atoms with E-state index in [0.717, 1.165) is 32.6 Å². The Morgan fingerprint density at radius 3 is 2.61 bits per heavy atom. The maximum Gasteiger partial charge on any atom is 0.342 e. The normalized spacial score (nSPS) is 11.6. The van der Waals surface area contributed by atoms with Crippen molar-refractivity contribution in [3.63, 3.8) is 0 Å². The number of halogens is 1. The number of aromatic nitrogens is 2. The van der Waals surface area contributed by atoms with Crippen LogP contribution in [0, 0.1) is 6.92 Å². The lowest BCUT2D eigenvalue weighted by Gasteiger charge is -2.13. The van der Waals surface area contributed by atoms with E-state index < -0.39 is 5.97 Å². The molecule has 0 unspecified atom stereocenters. The van der Waals surface area contributed by atoms with E-state index in [2.05, 4.69) is 26.1 Å². The third kappa shape index (κ3) is 5.15. The van der Waals surface area contributed by atoms with Gasteiger partial charge in [0, 0.05) is 17.0 Å². The second kappa shape index (κ2) is 9.36. The highest BCUT2D eigenvalue weighted by atomic mass is 79.9. The first-order valence-electron chi connectivity index (χ1n) is 9.31. The van der Waals surface area contributed by atoms with Gasteiger partial charge in [-0.2, -0.15) is 0 Å². The number of benzene rings is 3. The van der Waals surface area contributed by atoms with Gasteiger partial charge in [-0.1, -0.05) is 58.4 Å². The van der Waals surface area contributed by atoms with Crippen LogP contribution in [0.2, 0.25) is 0 Å². The van der Waals surface area contributed by atoms with E-state index in [4.69, 9.17) is 9.15 Å². The van der Waals surface area contributed by atoms with E-state index >= 15 is 0 Å². The first-order valence-corrected chi connectivity index (χ1v) is 10.9. The van der Waals surface area contributed by atoms with Crippen LogP contribution in [0.1, 0.15) is 17.0 Å². The number of carboxylic acids is 1. The maximum absolute atomic E-state index is 11.9. The van der Waals surface area contributed by atoms with Crippen molar-refractivity contribution in [2.75, 3.05) is 0 Å². The molecule has 1 aromatic heterocycles. The number of aliphatic carboxylic acids is 1. The standard InChI is InChI=1S/C23H17BrN2O4S/c1-14-25-26-23(30-14)31-21(22(27)28)12-19-18-5-3-2-4-16(18)8-11-20(19)29-13-15-6-9-17(24)10-7-15/h2-12H,13H2,1H3,(H,27,28)/b21-12-. The van der Waals surface area contributed by atoms with Crippen molar-refractivity contribution in [2.45, 2.75) is 18.8 Å². The fourth-order valence-electron chi connectivity index (χ4n) is 2.97. The summed E-state index contributed by atoms with van der Waals surface area (Å²) in [4.78, 5) is 12.0. The topological polar surface area (TPSA) is 85.5 Å². The molecule has 0 fully saturated rings. The van der Waals surface area contributed by atoms with Crippen LogP contribution < -0.4 is 4.74 Å². The van der Waals surface area contributed by atoms with E-state index in [1.54, 1.807) is 13.0 Å². The zero-order valence-corrected chi connectivity index (χ0v) is 18.8. The summed E-state index contributed by atoms with van der Waals surface area (Å²) in [6, 6.07) is 19.4. The van der Waals surface area contributed by atoms with E-state index in [-0.39, 0.29) is 10.1 Å². The molecule has 0 saturated heterocycles. The predicted octanol–water partition coefficient (Wildman–Crippen LogP) is 6.09. The van der Waals surface area contributed by atoms with Gasteiger partial charge in [0.15, 0.2) is 0 Å². The van der Waals surface area contributed by atoms with Crippen LogP contribution in [0.15, 0.2) is 79.7 Å². The lowest BCUT2D eigenvalue weighted by molar-refractivity contribution is -0.131. The number of hydrogen-bond acceptors (Lipinski definition) is 6. The van der Waals surface area contributed by atoms with Gasteiger partial charge in [-0.3, -0.25) is 0 Å². The SMILES string of the molecule is Cc1nnc(S/C(=C\c2c(OCc3ccc(Br)cc3)ccc3ccccc23)C(=O)O)o1. The van der Waals surface area contributed by atoms with Gasteiger partial charge in [0.2, 0.25) is 5.89 Å². The van der Waals surface area contributed by atoms with Gasteiger partial charge in [0.1, 0.15) is 17.3 Å². The Labute approximate surface area is 191 Å². The summed E-state index contributed by atoms with van der Waals surface area (Å²) in [6.07, 6.45) is 1.59. The third-order valence-corrected chi connectivity index (χ3v) is 5.81. The lowest BCUT2D eigenvalue weighted by Crippen LogP contribution is -2.00. The van der Waals surface area contributed by atoms with Crippen LogP contribution in [0.4, 0.5) is 0 Å². The van der Waals surface area contributed by atoms with E-state index in [1.165, 1.54) is 0 Å². The Hall–Kier alpha value is -3.10. The molecular weight excluding hydrogens is 480 g/mol. The van der Waals surface area contributed by atoms with Crippen molar-refractivity contribution in [3.8, 4) is 5.75 Å². The number of carbonyl (C=O) groups is 1. The van der Waals surface area contributed by atoms with Crippen LogP contribution in [-0.4, -0.2) is 21.3 Å². The minimum atomic E-state index is -1.09. The van der Waals surface area contributed by atoms with Crippen molar-refractivity contribution in [1.82, 2.24) is 10.2 Å². The summed E-state index contributed by atoms with van der Waals surface area (Å²) in [7, 11) is 0. The molecule has 0 aliphatic rings. The average molecular weight is 497 g/mol. The van der Waals surface area contributed by atoms with E-state index in [0.29, 0.717) is 23.8 Å². The highest BCUT2D eigenvalue weighted by Crippen LogP contribution is 2.34. The molecule has 0 aliphatic carbocycles. The zero-order chi connectivity index (χ0) is 21.8. The van der Waals surface area contributed by atoms with Gasteiger partial charge < -0.3 is 14.3 Å². The van der Waals surface area contributed by atoms with Crippen LogP contribution in [0.3, 0.4) is 0 Å². The second-order valence-corrected chi connectivity index (χ2v) is 8.53. The van der Waals surface area contributed by atoms with Gasteiger partial charge in [0.05, 0.1) is 0 Å². The Balaban J connectivity index is 1.73. The Morgan fingerprint density at radius 1 is 1.13 bits per heavy atom. The van der Waals surface area contributed by atoms with Crippen LogP contribution >= 0.6 is 27.7 Å². The minimum absolute atomic E-state index is 0.0495. The molecule has 0 radical (unpaired) electrons. The third-order valence-electron chi connectivity index (χ3n) is 4.43. The number of fused-ring (bicyclic) bond motifs is 1. The van der Waals surface area contributed by atoms with Gasteiger partial charge in [0.25, 0.3) is 5.22 Å². The molecule has 156 valence electrons. The van der Waals surface area contributed by atoms with Crippen molar-refractivity contribution >= 4 is 50.5 Å². The Bertz CT molecular complexity index is 1270. The average Bonchev–Trinajstić information content (AvgIpc) is 3.18. The van der Waals surface area contributed by atoms with Gasteiger partial charge in [-0.05, 0) is 52.4 Å². The molecule has 0 aliphatic heterocycles. The number of ether oxygens (including phenoxy) is 1. The van der Waals surface area contributed by atoms with Crippen molar-refractivity contribution in [1.29, 1.82) is 0 Å². The number of thioether (sulfide) groups is 1. The molecule has 1 heterocycles. The molecule has 1 N–H and O–H groups in total. The van der Waals surface area contributed by atoms with Crippen molar-refractivity contribution in [2.24, 2.45) is 0 Å². The Kier molecular flexibility index (Phi) is 6.39. The number of rotatable bonds is 7. The molecule has 31 heavy (non-hydrogen) atoms. The minimum Gasteiger partial charge on any atom is -0.488 e. The summed E-state index contributed by atoms with van der Waals surface area (Å²) in [6.45, 7) is 2.00. The number of nitrogens with zero attached hydrogens (tertiary/aromatic N) is 2. The molecule has 0 spiro atoms. The second-order valence-electron chi connectivity index (χ2n) is 6.62. The Morgan fingerprint density at radius 2 is 1.90 bits per heavy atom. The molecule has 4 aromatic rings. The maximum atomic E-state index is 11.9. The predicted molar refractivity (Wildman–Crippen MR) is 123 cm³/mol. The zero-order valence-electron chi connectivity index (χ0n) is 16.4. The van der Waals surface area contributed by atoms with Crippen LogP contribution in [0.25, 0.3) is 16.8 Å². The molecule has 8 heteroatoms. The highest BCUT2D eigenvalue weighted by molar-refractivity contribution is 9.10. The molecular formula is C23H17BrN2O4S. The molecule has 0 amide bonds. The summed E-state index contributed by atoms with van der Waals surface area (Å²) in [5.74, 6) is -0.133. The van der Waals surface area contributed by atoms with Gasteiger partial charge in [-0.15, -0.1) is 10.2 Å². The summed E-state index contributed by atoms with van der Waals surface area (Å²) in [5.41, 5.74) is 1.68. The lowest BCUT2D eigenvalue weighted by atomic mass is 10.0. The van der Waals surface area contributed by atoms with Crippen molar-refractivity contribution < 1.29 is 19.1 Å². The monoisotopic (exact) mass is 496 g/mol. The van der Waals surface area contributed by atoms with Crippen LogP contribution in [0.5, 0.6) is 5.75 Å².